The fourth-order valence-electron chi connectivity index (χ4n) is 3.10. The van der Waals surface area contributed by atoms with E-state index in [9.17, 15) is 0 Å². The van der Waals surface area contributed by atoms with Gasteiger partial charge in [0.2, 0.25) is 6.79 Å². The quantitative estimate of drug-likeness (QED) is 0.623. The maximum absolute atomic E-state index is 5.55. The topological polar surface area (TPSA) is 33.7 Å². The monoisotopic (exact) mass is 334 g/mol. The van der Waals surface area contributed by atoms with Gasteiger partial charge in [0.15, 0.2) is 11.5 Å². The smallest absolute Gasteiger partial charge is 0.231 e. The van der Waals surface area contributed by atoms with Crippen LogP contribution in [-0.2, 0) is 0 Å². The van der Waals surface area contributed by atoms with Crippen molar-refractivity contribution in [1.29, 1.82) is 0 Å². The molecule has 1 atom stereocenters. The molecule has 1 heterocycles. The molecule has 0 aliphatic carbocycles. The SMILES string of the molecule is CC(C)CC[C@H](CCNCCCN(C)C)c1ccc2c(c1)OCO2. The molecule has 0 amide bonds. The van der Waals surface area contributed by atoms with Crippen LogP contribution in [0.5, 0.6) is 11.5 Å². The Labute approximate surface area is 147 Å². The molecule has 0 spiro atoms. The van der Waals surface area contributed by atoms with Gasteiger partial charge in [0.1, 0.15) is 0 Å². The highest BCUT2D eigenvalue weighted by Crippen LogP contribution is 2.36. The largest absolute Gasteiger partial charge is 0.454 e. The molecule has 1 N–H and O–H groups in total. The van der Waals surface area contributed by atoms with Crippen LogP contribution in [0.3, 0.4) is 0 Å². The summed E-state index contributed by atoms with van der Waals surface area (Å²) >= 11 is 0. The van der Waals surface area contributed by atoms with E-state index in [1.165, 1.54) is 31.2 Å². The second-order valence-corrected chi connectivity index (χ2v) is 7.48. The first kappa shape index (κ1) is 19.1. The van der Waals surface area contributed by atoms with Crippen molar-refractivity contribution in [2.75, 3.05) is 40.5 Å². The highest BCUT2D eigenvalue weighted by molar-refractivity contribution is 5.45. The van der Waals surface area contributed by atoms with Gasteiger partial charge in [0.05, 0.1) is 0 Å². The molecule has 0 bridgehead atoms. The number of rotatable bonds is 11. The summed E-state index contributed by atoms with van der Waals surface area (Å²) in [5.74, 6) is 3.11. The molecule has 4 nitrogen and oxygen atoms in total. The molecule has 1 aliphatic heterocycles. The van der Waals surface area contributed by atoms with Crippen molar-refractivity contribution < 1.29 is 9.47 Å². The summed E-state index contributed by atoms with van der Waals surface area (Å²) in [6, 6.07) is 6.45. The molecular weight excluding hydrogens is 300 g/mol. The van der Waals surface area contributed by atoms with Gasteiger partial charge in [-0.05, 0) is 82.5 Å². The van der Waals surface area contributed by atoms with Gasteiger partial charge < -0.3 is 19.7 Å². The van der Waals surface area contributed by atoms with Crippen molar-refractivity contribution in [1.82, 2.24) is 10.2 Å². The molecule has 0 aromatic heterocycles. The van der Waals surface area contributed by atoms with E-state index in [-0.39, 0.29) is 0 Å². The number of ether oxygens (including phenoxy) is 2. The van der Waals surface area contributed by atoms with Crippen molar-refractivity contribution in [3.8, 4) is 11.5 Å². The van der Waals surface area contributed by atoms with Crippen LogP contribution in [0.4, 0.5) is 0 Å². The zero-order valence-corrected chi connectivity index (χ0v) is 15.8. The van der Waals surface area contributed by atoms with E-state index in [4.69, 9.17) is 9.47 Å². The molecular formula is C20H34N2O2. The third-order valence-electron chi connectivity index (χ3n) is 4.59. The molecule has 4 heteroatoms. The third-order valence-corrected chi connectivity index (χ3v) is 4.59. The van der Waals surface area contributed by atoms with Gasteiger partial charge in [-0.3, -0.25) is 0 Å². The average Bonchev–Trinajstić information content (AvgIpc) is 3.00. The second kappa shape index (κ2) is 9.90. The lowest BCUT2D eigenvalue weighted by molar-refractivity contribution is 0.174. The molecule has 0 saturated carbocycles. The maximum Gasteiger partial charge on any atom is 0.231 e. The molecule has 1 aliphatic rings. The highest BCUT2D eigenvalue weighted by Gasteiger charge is 2.18. The van der Waals surface area contributed by atoms with Crippen LogP contribution in [0.1, 0.15) is 51.0 Å². The van der Waals surface area contributed by atoms with Gasteiger partial charge in [0.25, 0.3) is 0 Å². The Morgan fingerprint density at radius 2 is 1.83 bits per heavy atom. The van der Waals surface area contributed by atoms with Crippen LogP contribution in [0.2, 0.25) is 0 Å². The Hall–Kier alpha value is -1.26. The maximum atomic E-state index is 5.55. The van der Waals surface area contributed by atoms with Gasteiger partial charge >= 0.3 is 0 Å². The van der Waals surface area contributed by atoms with E-state index in [2.05, 4.69) is 56.4 Å². The number of hydrogen-bond donors (Lipinski definition) is 1. The van der Waals surface area contributed by atoms with Crippen LogP contribution < -0.4 is 14.8 Å². The lowest BCUT2D eigenvalue weighted by Crippen LogP contribution is -2.23. The third kappa shape index (κ3) is 6.33. The van der Waals surface area contributed by atoms with Crippen molar-refractivity contribution in [2.24, 2.45) is 5.92 Å². The molecule has 24 heavy (non-hydrogen) atoms. The summed E-state index contributed by atoms with van der Waals surface area (Å²) in [6.45, 7) is 8.27. The summed E-state index contributed by atoms with van der Waals surface area (Å²) in [5.41, 5.74) is 1.38. The minimum atomic E-state index is 0.350. The molecule has 0 fully saturated rings. The fraction of sp³-hybridized carbons (Fsp3) is 0.700. The van der Waals surface area contributed by atoms with E-state index in [1.807, 2.05) is 0 Å². The minimum Gasteiger partial charge on any atom is -0.454 e. The molecule has 136 valence electrons. The standard InChI is InChI=1S/C20H34N2O2/c1-16(2)6-7-17(10-12-21-11-5-13-22(3)4)18-8-9-19-20(14-18)24-15-23-19/h8-9,14,16-17,21H,5-7,10-13,15H2,1-4H3/t17-/m1/s1. The average molecular weight is 335 g/mol. The Bertz CT molecular complexity index is 489. The zero-order chi connectivity index (χ0) is 17.4. The molecule has 0 radical (unpaired) electrons. The van der Waals surface area contributed by atoms with Gasteiger partial charge in [0, 0.05) is 0 Å². The van der Waals surface area contributed by atoms with Crippen LogP contribution in [0, 0.1) is 5.92 Å². The van der Waals surface area contributed by atoms with Crippen LogP contribution in [0.25, 0.3) is 0 Å². The zero-order valence-electron chi connectivity index (χ0n) is 15.8. The van der Waals surface area contributed by atoms with Crippen LogP contribution >= 0.6 is 0 Å². The first-order valence-corrected chi connectivity index (χ1v) is 9.31. The Kier molecular flexibility index (Phi) is 7.86. The van der Waals surface area contributed by atoms with E-state index >= 15 is 0 Å². The minimum absolute atomic E-state index is 0.350. The Balaban J connectivity index is 1.85. The van der Waals surface area contributed by atoms with Crippen LogP contribution in [0.15, 0.2) is 18.2 Å². The van der Waals surface area contributed by atoms with Crippen molar-refractivity contribution in [3.05, 3.63) is 23.8 Å². The van der Waals surface area contributed by atoms with Crippen molar-refractivity contribution in [2.45, 2.75) is 45.4 Å². The predicted molar refractivity (Wildman–Crippen MR) is 100 cm³/mol. The van der Waals surface area contributed by atoms with E-state index in [0.717, 1.165) is 37.1 Å². The van der Waals surface area contributed by atoms with Gasteiger partial charge in [-0.15, -0.1) is 0 Å². The lowest BCUT2D eigenvalue weighted by Gasteiger charge is -2.19. The predicted octanol–water partition coefficient (Wildman–Crippen LogP) is 3.87. The van der Waals surface area contributed by atoms with Crippen molar-refractivity contribution >= 4 is 0 Å². The first-order valence-electron chi connectivity index (χ1n) is 9.31. The summed E-state index contributed by atoms with van der Waals surface area (Å²) in [6.07, 6.45) is 4.87. The molecule has 0 saturated heterocycles. The first-order chi connectivity index (χ1) is 11.6. The number of fused-ring (bicyclic) bond motifs is 1. The number of nitrogens with zero attached hydrogens (tertiary/aromatic N) is 1. The number of nitrogens with one attached hydrogen (secondary N) is 1. The normalized spacial score (nSPS) is 14.6. The van der Waals surface area contributed by atoms with Crippen LogP contribution in [-0.4, -0.2) is 45.4 Å². The Morgan fingerprint density at radius 3 is 2.58 bits per heavy atom. The van der Waals surface area contributed by atoms with E-state index in [0.29, 0.717) is 12.7 Å². The Morgan fingerprint density at radius 1 is 1.04 bits per heavy atom. The summed E-state index contributed by atoms with van der Waals surface area (Å²) in [5, 5.41) is 3.60. The highest BCUT2D eigenvalue weighted by atomic mass is 16.7. The number of benzene rings is 1. The molecule has 1 aromatic rings. The molecule has 1 aromatic carbocycles. The molecule has 0 unspecified atom stereocenters. The fourth-order valence-corrected chi connectivity index (χ4v) is 3.10. The summed E-state index contributed by atoms with van der Waals surface area (Å²) < 4.78 is 11.0. The van der Waals surface area contributed by atoms with Crippen molar-refractivity contribution in [3.63, 3.8) is 0 Å². The van der Waals surface area contributed by atoms with Gasteiger partial charge in [-0.2, -0.15) is 0 Å². The van der Waals surface area contributed by atoms with E-state index in [1.54, 1.807) is 0 Å². The molecule has 2 rings (SSSR count). The van der Waals surface area contributed by atoms with Gasteiger partial charge in [-0.1, -0.05) is 26.3 Å². The number of hydrogen-bond acceptors (Lipinski definition) is 4. The van der Waals surface area contributed by atoms with E-state index < -0.39 is 0 Å². The second-order valence-electron chi connectivity index (χ2n) is 7.48. The van der Waals surface area contributed by atoms with Gasteiger partial charge in [-0.25, -0.2) is 0 Å². The summed E-state index contributed by atoms with van der Waals surface area (Å²) in [4.78, 5) is 2.24. The summed E-state index contributed by atoms with van der Waals surface area (Å²) in [7, 11) is 4.25. The lowest BCUT2D eigenvalue weighted by atomic mass is 9.88.